The van der Waals surface area contributed by atoms with Gasteiger partial charge >= 0.3 is 5.97 Å². The fourth-order valence-corrected chi connectivity index (χ4v) is 4.05. The number of cyclic esters (lactones) is 1. The van der Waals surface area contributed by atoms with Crippen molar-refractivity contribution in [3.63, 3.8) is 0 Å². The fraction of sp³-hybridized carbons (Fsp3) is 0.421. The molecular formula is C19H20ClN3O3. The van der Waals surface area contributed by atoms with Crippen LogP contribution in [0.2, 0.25) is 5.02 Å². The largest absolute Gasteiger partial charge is 0.460 e. The zero-order chi connectivity index (χ0) is 18.1. The molecule has 2 aliphatic rings. The Morgan fingerprint density at radius 2 is 2.15 bits per heavy atom. The number of halogens is 1. The van der Waals surface area contributed by atoms with Gasteiger partial charge < -0.3 is 15.4 Å². The Balaban J connectivity index is 1.44. The molecule has 2 saturated heterocycles. The van der Waals surface area contributed by atoms with E-state index in [1.807, 2.05) is 0 Å². The third-order valence-electron chi connectivity index (χ3n) is 5.33. The molecule has 2 aromatic rings. The number of hydrogen-bond donors (Lipinski definition) is 2. The SMILES string of the molecule is O=C(NCC1CC2(CCNCC2)C(=O)O1)c1ccnc2cc(Cl)ccc12. The summed E-state index contributed by atoms with van der Waals surface area (Å²) >= 11 is 5.99. The van der Waals surface area contributed by atoms with Crippen LogP contribution < -0.4 is 10.6 Å². The molecule has 0 saturated carbocycles. The van der Waals surface area contributed by atoms with Crippen molar-refractivity contribution in [3.8, 4) is 0 Å². The Bertz CT molecular complexity index is 864. The minimum absolute atomic E-state index is 0.123. The number of piperidine rings is 1. The number of aromatic nitrogens is 1. The van der Waals surface area contributed by atoms with Crippen LogP contribution in [0, 0.1) is 5.41 Å². The minimum atomic E-state index is -0.374. The predicted octanol–water partition coefficient (Wildman–Crippen LogP) is 2.30. The molecule has 0 bridgehead atoms. The maximum Gasteiger partial charge on any atom is 0.312 e. The van der Waals surface area contributed by atoms with E-state index in [1.54, 1.807) is 30.5 Å². The number of nitrogens with one attached hydrogen (secondary N) is 2. The first-order chi connectivity index (χ1) is 12.6. The van der Waals surface area contributed by atoms with Crippen molar-refractivity contribution < 1.29 is 14.3 Å². The number of hydrogen-bond acceptors (Lipinski definition) is 5. The molecule has 1 atom stereocenters. The Kier molecular flexibility index (Phi) is 4.54. The summed E-state index contributed by atoms with van der Waals surface area (Å²) < 4.78 is 5.53. The van der Waals surface area contributed by atoms with Gasteiger partial charge in [0, 0.05) is 23.0 Å². The van der Waals surface area contributed by atoms with Crippen molar-refractivity contribution in [1.82, 2.24) is 15.6 Å². The summed E-state index contributed by atoms with van der Waals surface area (Å²) in [6.45, 7) is 1.98. The first-order valence-corrected chi connectivity index (χ1v) is 9.19. The molecule has 6 nitrogen and oxygen atoms in total. The summed E-state index contributed by atoms with van der Waals surface area (Å²) in [4.78, 5) is 29.2. The summed E-state index contributed by atoms with van der Waals surface area (Å²) in [7, 11) is 0. The lowest BCUT2D eigenvalue weighted by atomic mass is 9.76. The van der Waals surface area contributed by atoms with Gasteiger partial charge in [-0.1, -0.05) is 17.7 Å². The fourth-order valence-electron chi connectivity index (χ4n) is 3.89. The molecule has 1 unspecified atom stereocenters. The molecule has 1 spiro atoms. The number of nitrogens with zero attached hydrogens (tertiary/aromatic N) is 1. The lowest BCUT2D eigenvalue weighted by molar-refractivity contribution is -0.149. The highest BCUT2D eigenvalue weighted by atomic mass is 35.5. The number of carbonyl (C=O) groups excluding carboxylic acids is 2. The monoisotopic (exact) mass is 373 g/mol. The first kappa shape index (κ1) is 17.2. The molecule has 7 heteroatoms. The zero-order valence-electron chi connectivity index (χ0n) is 14.3. The molecule has 26 heavy (non-hydrogen) atoms. The summed E-state index contributed by atoms with van der Waals surface area (Å²) in [5, 5.41) is 7.49. The van der Waals surface area contributed by atoms with Gasteiger partial charge in [0.2, 0.25) is 0 Å². The molecule has 0 radical (unpaired) electrons. The number of fused-ring (bicyclic) bond motifs is 1. The van der Waals surface area contributed by atoms with Gasteiger partial charge in [0.25, 0.3) is 5.91 Å². The third kappa shape index (κ3) is 3.15. The van der Waals surface area contributed by atoms with Crippen molar-refractivity contribution in [3.05, 3.63) is 41.0 Å². The van der Waals surface area contributed by atoms with Crippen LogP contribution in [0.5, 0.6) is 0 Å². The predicted molar refractivity (Wildman–Crippen MR) is 98.1 cm³/mol. The standard InChI is InChI=1S/C19H20ClN3O3/c20-12-1-2-14-15(3-6-22-16(14)9-12)17(24)23-11-13-10-19(18(25)26-13)4-7-21-8-5-19/h1-3,6,9,13,21H,4-5,7-8,10-11H2,(H,23,24). The summed E-state index contributed by atoms with van der Waals surface area (Å²) in [5.41, 5.74) is 0.833. The van der Waals surface area contributed by atoms with Crippen molar-refractivity contribution in [2.75, 3.05) is 19.6 Å². The third-order valence-corrected chi connectivity index (χ3v) is 5.56. The maximum absolute atomic E-state index is 12.6. The van der Waals surface area contributed by atoms with E-state index in [0.29, 0.717) is 29.1 Å². The lowest BCUT2D eigenvalue weighted by Crippen LogP contribution is -2.39. The van der Waals surface area contributed by atoms with Gasteiger partial charge in [-0.3, -0.25) is 14.6 Å². The molecule has 2 aliphatic heterocycles. The van der Waals surface area contributed by atoms with Crippen LogP contribution in [0.1, 0.15) is 29.6 Å². The first-order valence-electron chi connectivity index (χ1n) is 8.82. The van der Waals surface area contributed by atoms with Crippen molar-refractivity contribution in [1.29, 1.82) is 0 Å². The normalized spacial score (nSPS) is 21.7. The van der Waals surface area contributed by atoms with E-state index in [1.165, 1.54) is 0 Å². The van der Waals surface area contributed by atoms with Gasteiger partial charge in [0.05, 0.1) is 23.0 Å². The summed E-state index contributed by atoms with van der Waals surface area (Å²) in [6.07, 6.45) is 3.58. The second kappa shape index (κ2) is 6.85. The second-order valence-corrected chi connectivity index (χ2v) is 7.43. The summed E-state index contributed by atoms with van der Waals surface area (Å²) in [6, 6.07) is 6.94. The van der Waals surface area contributed by atoms with Crippen LogP contribution in [-0.4, -0.2) is 42.6 Å². The number of benzene rings is 1. The van der Waals surface area contributed by atoms with E-state index < -0.39 is 0 Å². The Morgan fingerprint density at radius 3 is 2.96 bits per heavy atom. The molecular weight excluding hydrogens is 354 g/mol. The molecule has 3 heterocycles. The number of carbonyl (C=O) groups is 2. The van der Waals surface area contributed by atoms with E-state index in [2.05, 4.69) is 15.6 Å². The van der Waals surface area contributed by atoms with Crippen LogP contribution in [0.4, 0.5) is 0 Å². The number of rotatable bonds is 3. The molecule has 1 aromatic heterocycles. The van der Waals surface area contributed by atoms with Crippen LogP contribution in [0.25, 0.3) is 10.9 Å². The molecule has 1 aromatic carbocycles. The van der Waals surface area contributed by atoms with E-state index in [-0.39, 0.29) is 23.4 Å². The summed E-state index contributed by atoms with van der Waals surface area (Å²) in [5.74, 6) is -0.329. The van der Waals surface area contributed by atoms with Gasteiger partial charge in [-0.25, -0.2) is 0 Å². The number of pyridine rings is 1. The smallest absolute Gasteiger partial charge is 0.312 e. The average molecular weight is 374 g/mol. The maximum atomic E-state index is 12.6. The van der Waals surface area contributed by atoms with Gasteiger partial charge in [-0.05, 0) is 44.1 Å². The zero-order valence-corrected chi connectivity index (χ0v) is 15.0. The lowest BCUT2D eigenvalue weighted by Gasteiger charge is -2.29. The Morgan fingerprint density at radius 1 is 1.35 bits per heavy atom. The van der Waals surface area contributed by atoms with Crippen LogP contribution >= 0.6 is 11.6 Å². The van der Waals surface area contributed by atoms with Crippen LogP contribution in [0.3, 0.4) is 0 Å². The molecule has 1 amide bonds. The minimum Gasteiger partial charge on any atom is -0.460 e. The Labute approximate surface area is 156 Å². The van der Waals surface area contributed by atoms with E-state index in [0.717, 1.165) is 31.3 Å². The van der Waals surface area contributed by atoms with Crippen molar-refractivity contribution in [2.45, 2.75) is 25.4 Å². The van der Waals surface area contributed by atoms with Gasteiger partial charge in [0.1, 0.15) is 6.10 Å². The Hall–Kier alpha value is -2.18. The second-order valence-electron chi connectivity index (χ2n) is 6.99. The molecule has 4 rings (SSSR count). The average Bonchev–Trinajstić information content (AvgIpc) is 2.94. The van der Waals surface area contributed by atoms with Crippen LogP contribution in [-0.2, 0) is 9.53 Å². The van der Waals surface area contributed by atoms with Gasteiger partial charge in [-0.2, -0.15) is 0 Å². The quantitative estimate of drug-likeness (QED) is 0.807. The highest BCUT2D eigenvalue weighted by Gasteiger charge is 2.49. The molecule has 2 fully saturated rings. The van der Waals surface area contributed by atoms with E-state index >= 15 is 0 Å². The number of ether oxygens (including phenoxy) is 1. The molecule has 136 valence electrons. The highest BCUT2D eigenvalue weighted by molar-refractivity contribution is 6.31. The van der Waals surface area contributed by atoms with Gasteiger partial charge in [0.15, 0.2) is 0 Å². The van der Waals surface area contributed by atoms with Crippen molar-refractivity contribution in [2.24, 2.45) is 5.41 Å². The topological polar surface area (TPSA) is 80.3 Å². The molecule has 0 aliphatic carbocycles. The number of esters is 1. The molecule has 2 N–H and O–H groups in total. The highest BCUT2D eigenvalue weighted by Crippen LogP contribution is 2.41. The van der Waals surface area contributed by atoms with Crippen molar-refractivity contribution >= 4 is 34.4 Å². The van der Waals surface area contributed by atoms with Gasteiger partial charge in [-0.15, -0.1) is 0 Å². The van der Waals surface area contributed by atoms with E-state index in [4.69, 9.17) is 16.3 Å². The number of amides is 1. The van der Waals surface area contributed by atoms with Crippen LogP contribution in [0.15, 0.2) is 30.5 Å². The van der Waals surface area contributed by atoms with E-state index in [9.17, 15) is 9.59 Å².